The lowest BCUT2D eigenvalue weighted by molar-refractivity contribution is 0.294. The molecular formula is C15H18BrClN2O. The highest BCUT2D eigenvalue weighted by molar-refractivity contribution is 9.10. The van der Waals surface area contributed by atoms with Crippen molar-refractivity contribution in [2.75, 3.05) is 0 Å². The number of halogens is 2. The van der Waals surface area contributed by atoms with Gasteiger partial charge in [0.1, 0.15) is 12.4 Å². The highest BCUT2D eigenvalue weighted by Crippen LogP contribution is 2.30. The van der Waals surface area contributed by atoms with Gasteiger partial charge in [0.25, 0.3) is 0 Å². The van der Waals surface area contributed by atoms with E-state index < -0.39 is 0 Å². The molecule has 3 nitrogen and oxygen atoms in total. The average molecular weight is 358 g/mol. The summed E-state index contributed by atoms with van der Waals surface area (Å²) >= 11 is 9.42. The third kappa shape index (κ3) is 3.55. The summed E-state index contributed by atoms with van der Waals surface area (Å²) in [7, 11) is 0. The van der Waals surface area contributed by atoms with Gasteiger partial charge < -0.3 is 4.74 Å². The Kier molecular flexibility index (Phi) is 5.49. The van der Waals surface area contributed by atoms with Crippen LogP contribution in [0.15, 0.2) is 34.9 Å². The average Bonchev–Trinajstić information content (AvgIpc) is 2.93. The van der Waals surface area contributed by atoms with E-state index in [1.807, 2.05) is 35.1 Å². The van der Waals surface area contributed by atoms with Gasteiger partial charge in [-0.05, 0) is 41.4 Å². The van der Waals surface area contributed by atoms with E-state index in [0.29, 0.717) is 18.5 Å². The van der Waals surface area contributed by atoms with Crippen molar-refractivity contribution in [1.82, 2.24) is 9.78 Å². The van der Waals surface area contributed by atoms with Crippen LogP contribution in [0.5, 0.6) is 5.75 Å². The number of alkyl halides is 1. The molecule has 2 rings (SSSR count). The Labute approximate surface area is 133 Å². The summed E-state index contributed by atoms with van der Waals surface area (Å²) in [5.41, 5.74) is 1.89. The first-order valence-corrected chi connectivity index (χ1v) is 7.98. The monoisotopic (exact) mass is 356 g/mol. The van der Waals surface area contributed by atoms with E-state index >= 15 is 0 Å². The summed E-state index contributed by atoms with van der Waals surface area (Å²) in [6.45, 7) is 4.74. The second-order valence-corrected chi connectivity index (χ2v) is 5.82. The van der Waals surface area contributed by atoms with E-state index in [2.05, 4.69) is 34.9 Å². The molecule has 0 aliphatic heterocycles. The van der Waals surface area contributed by atoms with Gasteiger partial charge in [0.05, 0.1) is 16.0 Å². The summed E-state index contributed by atoms with van der Waals surface area (Å²) in [6.07, 6.45) is 3.05. The van der Waals surface area contributed by atoms with Crippen LogP contribution in [-0.2, 0) is 12.5 Å². The number of rotatable bonds is 6. The first kappa shape index (κ1) is 15.4. The molecule has 1 atom stereocenters. The zero-order chi connectivity index (χ0) is 14.5. The van der Waals surface area contributed by atoms with Crippen LogP contribution in [-0.4, -0.2) is 9.78 Å². The fourth-order valence-electron chi connectivity index (χ4n) is 1.85. The molecule has 0 saturated carbocycles. The molecule has 5 heteroatoms. The number of benzene rings is 1. The maximum absolute atomic E-state index is 5.93. The second kappa shape index (κ2) is 7.14. The maximum atomic E-state index is 5.93. The number of para-hydroxylation sites is 1. The highest BCUT2D eigenvalue weighted by Gasteiger charge is 2.09. The molecule has 0 aliphatic carbocycles. The first-order chi connectivity index (χ1) is 9.65. The van der Waals surface area contributed by atoms with Gasteiger partial charge in [-0.15, -0.1) is 11.6 Å². The summed E-state index contributed by atoms with van der Waals surface area (Å²) < 4.78 is 8.75. The Balaban J connectivity index is 2.07. The second-order valence-electron chi connectivity index (χ2n) is 4.69. The Hall–Kier alpha value is -1.00. The molecule has 0 N–H and O–H groups in total. The van der Waals surface area contributed by atoms with E-state index in [1.165, 1.54) is 0 Å². The molecule has 0 radical (unpaired) electrons. The van der Waals surface area contributed by atoms with Crippen molar-refractivity contribution in [3.05, 3.63) is 46.2 Å². The summed E-state index contributed by atoms with van der Waals surface area (Å²) in [6, 6.07) is 8.26. The van der Waals surface area contributed by atoms with Gasteiger partial charge in [-0.3, -0.25) is 4.68 Å². The molecule has 0 amide bonds. The van der Waals surface area contributed by atoms with E-state index in [9.17, 15) is 0 Å². The molecule has 108 valence electrons. The third-order valence-corrected chi connectivity index (χ3v) is 4.18. The highest BCUT2D eigenvalue weighted by atomic mass is 79.9. The predicted octanol–water partition coefficient (Wildman–Crippen LogP) is 4.93. The maximum Gasteiger partial charge on any atom is 0.138 e. The minimum atomic E-state index is 0.408. The molecule has 0 bridgehead atoms. The zero-order valence-electron chi connectivity index (χ0n) is 11.6. The van der Waals surface area contributed by atoms with Crippen molar-refractivity contribution < 1.29 is 4.74 Å². The van der Waals surface area contributed by atoms with Gasteiger partial charge in [0, 0.05) is 17.8 Å². The van der Waals surface area contributed by atoms with Gasteiger partial charge in [-0.1, -0.05) is 19.1 Å². The molecule has 1 aromatic heterocycles. The van der Waals surface area contributed by atoms with Crippen LogP contribution in [0.1, 0.15) is 37.6 Å². The Morgan fingerprint density at radius 2 is 2.20 bits per heavy atom. The molecule has 1 heterocycles. The normalized spacial score (nSPS) is 12.4. The topological polar surface area (TPSA) is 27.1 Å². The molecule has 1 aromatic carbocycles. The van der Waals surface area contributed by atoms with Crippen LogP contribution in [0.25, 0.3) is 0 Å². The van der Waals surface area contributed by atoms with Crippen molar-refractivity contribution in [3.63, 3.8) is 0 Å². The van der Waals surface area contributed by atoms with Crippen molar-refractivity contribution in [3.8, 4) is 5.75 Å². The van der Waals surface area contributed by atoms with Crippen molar-refractivity contribution in [1.29, 1.82) is 0 Å². The third-order valence-electron chi connectivity index (χ3n) is 3.26. The lowest BCUT2D eigenvalue weighted by atomic mass is 10.2. The molecule has 0 fully saturated rings. The van der Waals surface area contributed by atoms with Crippen molar-refractivity contribution in [2.24, 2.45) is 0 Å². The fourth-order valence-corrected chi connectivity index (χ4v) is 2.59. The standard InChI is InChI=1S/C15H18BrClN2O/c1-3-11(2)19-8-7-13(18-19)10-20-15-12(9-17)5-4-6-14(15)16/h4-8,11H,3,9-10H2,1-2H3. The van der Waals surface area contributed by atoms with Crippen LogP contribution in [0.3, 0.4) is 0 Å². The van der Waals surface area contributed by atoms with Crippen LogP contribution in [0, 0.1) is 0 Å². The summed E-state index contributed by atoms with van der Waals surface area (Å²) in [4.78, 5) is 0. The quantitative estimate of drug-likeness (QED) is 0.685. The molecule has 20 heavy (non-hydrogen) atoms. The Morgan fingerprint density at radius 1 is 1.40 bits per heavy atom. The molecular weight excluding hydrogens is 340 g/mol. The van der Waals surface area contributed by atoms with Crippen LogP contribution < -0.4 is 4.74 Å². The van der Waals surface area contributed by atoms with Crippen molar-refractivity contribution in [2.45, 2.75) is 38.8 Å². The minimum Gasteiger partial charge on any atom is -0.486 e. The van der Waals surface area contributed by atoms with Crippen LogP contribution in [0.4, 0.5) is 0 Å². The lowest BCUT2D eigenvalue weighted by Gasteiger charge is -2.11. The molecule has 1 unspecified atom stereocenters. The molecule has 0 aliphatic rings. The number of ether oxygens (including phenoxy) is 1. The van der Waals surface area contributed by atoms with E-state index in [1.54, 1.807) is 0 Å². The van der Waals surface area contributed by atoms with Gasteiger partial charge in [0.2, 0.25) is 0 Å². The van der Waals surface area contributed by atoms with Gasteiger partial charge in [-0.2, -0.15) is 5.10 Å². The SMILES string of the molecule is CCC(C)n1ccc(COc2c(Br)cccc2CCl)n1. The van der Waals surface area contributed by atoms with E-state index in [4.69, 9.17) is 16.3 Å². The zero-order valence-corrected chi connectivity index (χ0v) is 14.0. The van der Waals surface area contributed by atoms with Gasteiger partial charge in [-0.25, -0.2) is 0 Å². The van der Waals surface area contributed by atoms with E-state index in [-0.39, 0.29) is 0 Å². The van der Waals surface area contributed by atoms with Gasteiger partial charge in [0.15, 0.2) is 0 Å². The number of aromatic nitrogens is 2. The fraction of sp³-hybridized carbons (Fsp3) is 0.400. The van der Waals surface area contributed by atoms with Crippen LogP contribution in [0.2, 0.25) is 0 Å². The molecule has 0 spiro atoms. The minimum absolute atomic E-state index is 0.408. The number of hydrogen-bond donors (Lipinski definition) is 0. The number of nitrogens with zero attached hydrogens (tertiary/aromatic N) is 2. The van der Waals surface area contributed by atoms with Crippen LogP contribution >= 0.6 is 27.5 Å². The Morgan fingerprint density at radius 3 is 2.90 bits per heavy atom. The molecule has 2 aromatic rings. The number of hydrogen-bond acceptors (Lipinski definition) is 2. The summed E-state index contributed by atoms with van der Waals surface area (Å²) in [5, 5.41) is 4.52. The smallest absolute Gasteiger partial charge is 0.138 e. The van der Waals surface area contributed by atoms with E-state index in [0.717, 1.165) is 27.9 Å². The van der Waals surface area contributed by atoms with Crippen molar-refractivity contribution >= 4 is 27.5 Å². The predicted molar refractivity (Wildman–Crippen MR) is 85.3 cm³/mol. The lowest BCUT2D eigenvalue weighted by Crippen LogP contribution is -2.06. The first-order valence-electron chi connectivity index (χ1n) is 6.65. The largest absolute Gasteiger partial charge is 0.486 e. The molecule has 0 saturated heterocycles. The summed E-state index contributed by atoms with van der Waals surface area (Å²) in [5.74, 6) is 1.22. The van der Waals surface area contributed by atoms with Gasteiger partial charge >= 0.3 is 0 Å². The Bertz CT molecular complexity index is 571.